The van der Waals surface area contributed by atoms with E-state index >= 15 is 0 Å². The zero-order chi connectivity index (χ0) is 40.0. The zero-order valence-corrected chi connectivity index (χ0v) is 36.0. The number of benzene rings is 3. The van der Waals surface area contributed by atoms with Gasteiger partial charge in [0.1, 0.15) is 17.2 Å². The molecule has 310 valence electrons. The second kappa shape index (κ2) is 29.6. The molecule has 0 aliphatic heterocycles. The largest absolute Gasteiger partial charge is 0.647 e. The highest BCUT2D eigenvalue weighted by molar-refractivity contribution is 7.49. The molecule has 10 heteroatoms. The standard InChI is InChI=1S/C45H69O4P.H3O4P/c1-4-7-10-13-16-19-22-31-40-34-25-28-37-43(40)47-50(46,48-44-38-29-26-35-41(44)32-23-20-17-14-11-8-5-2)49-45-39-30-27-36-42(45)33-24-21-18-15-12-9-6-3;1-5(2,3)4/h25-30,34-39H,4-24,31-33H2,1-3H3;(H3,1,2,3,4). The highest BCUT2D eigenvalue weighted by atomic mass is 31.2. The monoisotopic (exact) mass is 802 g/mol. The maximum Gasteiger partial charge on any atom is 0.647 e. The summed E-state index contributed by atoms with van der Waals surface area (Å²) >= 11 is 0. The Hall–Kier alpha value is -2.60. The van der Waals surface area contributed by atoms with E-state index in [1.807, 2.05) is 54.6 Å². The first kappa shape index (κ1) is 48.5. The fourth-order valence-corrected chi connectivity index (χ4v) is 8.00. The summed E-state index contributed by atoms with van der Waals surface area (Å²) in [4.78, 5) is 21.6. The molecule has 0 fully saturated rings. The van der Waals surface area contributed by atoms with Gasteiger partial charge in [-0.05, 0) is 73.4 Å². The molecule has 3 rings (SSSR count). The van der Waals surface area contributed by atoms with E-state index in [1.165, 1.54) is 116 Å². The maximum absolute atomic E-state index is 14.9. The van der Waals surface area contributed by atoms with E-state index in [4.69, 9.17) is 32.8 Å². The van der Waals surface area contributed by atoms with E-state index < -0.39 is 15.6 Å². The van der Waals surface area contributed by atoms with Crippen LogP contribution in [0.5, 0.6) is 17.2 Å². The maximum atomic E-state index is 14.9. The molecule has 0 aliphatic rings. The van der Waals surface area contributed by atoms with Crippen molar-refractivity contribution in [3.63, 3.8) is 0 Å². The van der Waals surface area contributed by atoms with Crippen LogP contribution in [0.2, 0.25) is 0 Å². The van der Waals surface area contributed by atoms with E-state index in [-0.39, 0.29) is 0 Å². The van der Waals surface area contributed by atoms with Gasteiger partial charge in [-0.2, -0.15) is 4.57 Å². The normalized spacial score (nSPS) is 11.5. The minimum atomic E-state index is -4.64. The molecule has 0 spiro atoms. The first-order chi connectivity index (χ1) is 26.6. The van der Waals surface area contributed by atoms with Crippen molar-refractivity contribution in [2.24, 2.45) is 0 Å². The third-order valence-electron chi connectivity index (χ3n) is 9.70. The summed E-state index contributed by atoms with van der Waals surface area (Å²) in [5, 5.41) is 0. The van der Waals surface area contributed by atoms with Crippen LogP contribution in [0.15, 0.2) is 72.8 Å². The molecule has 0 aliphatic carbocycles. The Labute approximate surface area is 333 Å². The lowest BCUT2D eigenvalue weighted by Gasteiger charge is -2.23. The Morgan fingerprint density at radius 3 is 0.855 bits per heavy atom. The van der Waals surface area contributed by atoms with Gasteiger partial charge in [-0.1, -0.05) is 191 Å². The quantitative estimate of drug-likeness (QED) is 0.0450. The van der Waals surface area contributed by atoms with Crippen LogP contribution in [-0.2, 0) is 28.4 Å². The van der Waals surface area contributed by atoms with Gasteiger partial charge in [0.15, 0.2) is 0 Å². The summed E-state index contributed by atoms with van der Waals surface area (Å²) in [5.41, 5.74) is 3.13. The number of para-hydroxylation sites is 3. The predicted octanol–water partition coefficient (Wildman–Crippen LogP) is 14.3. The van der Waals surface area contributed by atoms with Gasteiger partial charge in [-0.15, -0.1) is 0 Å². The summed E-state index contributed by atoms with van der Waals surface area (Å²) in [6, 6.07) is 23.9. The fraction of sp³-hybridized carbons (Fsp3) is 0.600. The Morgan fingerprint density at radius 2 is 0.600 bits per heavy atom. The number of hydrogen-bond acceptors (Lipinski definition) is 5. The van der Waals surface area contributed by atoms with Crippen molar-refractivity contribution in [2.45, 2.75) is 175 Å². The summed E-state index contributed by atoms with van der Waals surface area (Å²) in [7, 11) is -8.78. The van der Waals surface area contributed by atoms with Crippen LogP contribution in [0.4, 0.5) is 0 Å². The zero-order valence-electron chi connectivity index (χ0n) is 34.2. The van der Waals surface area contributed by atoms with Gasteiger partial charge in [0.25, 0.3) is 0 Å². The van der Waals surface area contributed by atoms with Crippen LogP contribution in [0.1, 0.15) is 172 Å². The van der Waals surface area contributed by atoms with E-state index in [9.17, 15) is 4.57 Å². The molecule has 0 saturated heterocycles. The van der Waals surface area contributed by atoms with Crippen molar-refractivity contribution in [2.75, 3.05) is 0 Å². The van der Waals surface area contributed by atoms with Gasteiger partial charge in [0.05, 0.1) is 0 Å². The van der Waals surface area contributed by atoms with Gasteiger partial charge >= 0.3 is 15.6 Å². The van der Waals surface area contributed by atoms with Gasteiger partial charge in [0, 0.05) is 0 Å². The summed E-state index contributed by atoms with van der Waals surface area (Å²) in [5.74, 6) is 1.74. The number of hydrogen-bond donors (Lipinski definition) is 3. The molecule has 8 nitrogen and oxygen atoms in total. The topological polar surface area (TPSA) is 123 Å². The Bertz CT molecular complexity index is 1340. The minimum absolute atomic E-state index is 0.580. The minimum Gasteiger partial charge on any atom is -0.386 e. The molecule has 0 saturated carbocycles. The third-order valence-corrected chi connectivity index (χ3v) is 11.0. The van der Waals surface area contributed by atoms with Crippen molar-refractivity contribution >= 4 is 15.6 Å². The molecule has 0 amide bonds. The summed E-state index contributed by atoms with van der Waals surface area (Å²) < 4.78 is 43.1. The lowest BCUT2D eigenvalue weighted by molar-refractivity contribution is 0.275. The molecule has 0 unspecified atom stereocenters. The van der Waals surface area contributed by atoms with Gasteiger partial charge in [-0.3, -0.25) is 0 Å². The molecule has 0 radical (unpaired) electrons. The highest BCUT2D eigenvalue weighted by Gasteiger charge is 2.35. The lowest BCUT2D eigenvalue weighted by atomic mass is 10.0. The van der Waals surface area contributed by atoms with Crippen LogP contribution in [0.25, 0.3) is 0 Å². The summed E-state index contributed by atoms with van der Waals surface area (Å²) in [6.07, 6.45) is 28.7. The van der Waals surface area contributed by atoms with E-state index in [0.717, 1.165) is 55.2 Å². The molecule has 0 bridgehead atoms. The Balaban J connectivity index is 0.00000196. The molecule has 55 heavy (non-hydrogen) atoms. The van der Waals surface area contributed by atoms with Gasteiger partial charge in [0.2, 0.25) is 0 Å². The Morgan fingerprint density at radius 1 is 0.382 bits per heavy atom. The first-order valence-electron chi connectivity index (χ1n) is 21.3. The smallest absolute Gasteiger partial charge is 0.386 e. The highest BCUT2D eigenvalue weighted by Crippen LogP contribution is 2.52. The van der Waals surface area contributed by atoms with Crippen molar-refractivity contribution in [3.05, 3.63) is 89.5 Å². The van der Waals surface area contributed by atoms with Crippen LogP contribution in [0.3, 0.4) is 0 Å². The van der Waals surface area contributed by atoms with Gasteiger partial charge in [-0.25, -0.2) is 4.57 Å². The van der Waals surface area contributed by atoms with Crippen molar-refractivity contribution in [1.29, 1.82) is 0 Å². The summed E-state index contributed by atoms with van der Waals surface area (Å²) in [6.45, 7) is 6.77. The van der Waals surface area contributed by atoms with E-state index in [0.29, 0.717) is 17.2 Å². The molecule has 3 aromatic rings. The molecule has 0 aromatic heterocycles. The SMILES string of the molecule is CCCCCCCCCc1ccccc1OP(=O)(Oc1ccccc1CCCCCCCCC)Oc1ccccc1CCCCCCCCC.O=P(O)(O)O. The average molecular weight is 803 g/mol. The third kappa shape index (κ3) is 23.9. The van der Waals surface area contributed by atoms with E-state index in [2.05, 4.69) is 39.0 Å². The number of aryl methyl sites for hydroxylation is 3. The van der Waals surface area contributed by atoms with Crippen molar-refractivity contribution < 1.29 is 37.4 Å². The number of phosphoric ester groups is 1. The Kier molecular flexibility index (Phi) is 26.1. The molecular formula is C45H72O8P2. The van der Waals surface area contributed by atoms with Crippen LogP contribution in [0, 0.1) is 0 Å². The van der Waals surface area contributed by atoms with Crippen molar-refractivity contribution in [3.8, 4) is 17.2 Å². The molecular weight excluding hydrogens is 730 g/mol. The molecule has 0 atom stereocenters. The molecule has 3 aromatic carbocycles. The number of rotatable bonds is 30. The second-order valence-electron chi connectivity index (χ2n) is 14.7. The molecule has 3 N–H and O–H groups in total. The van der Waals surface area contributed by atoms with Crippen molar-refractivity contribution in [1.82, 2.24) is 0 Å². The first-order valence-corrected chi connectivity index (χ1v) is 24.3. The number of unbranched alkanes of at least 4 members (excludes halogenated alkanes) is 18. The second-order valence-corrected chi connectivity index (χ2v) is 17.1. The predicted molar refractivity (Wildman–Crippen MR) is 228 cm³/mol. The lowest BCUT2D eigenvalue weighted by Crippen LogP contribution is -2.10. The fourth-order valence-electron chi connectivity index (χ4n) is 6.63. The van der Waals surface area contributed by atoms with Crippen LogP contribution >= 0.6 is 15.6 Å². The van der Waals surface area contributed by atoms with E-state index in [1.54, 1.807) is 0 Å². The average Bonchev–Trinajstić information content (AvgIpc) is 3.15. The van der Waals surface area contributed by atoms with Crippen LogP contribution in [-0.4, -0.2) is 14.7 Å². The van der Waals surface area contributed by atoms with Crippen LogP contribution < -0.4 is 13.6 Å². The number of phosphoric acid groups is 2. The van der Waals surface area contributed by atoms with Gasteiger partial charge < -0.3 is 28.3 Å². The molecule has 0 heterocycles.